The molecule has 0 saturated carbocycles. The molecule has 0 aliphatic carbocycles. The van der Waals surface area contributed by atoms with Crippen molar-refractivity contribution in [2.45, 2.75) is 40.2 Å². The lowest BCUT2D eigenvalue weighted by molar-refractivity contribution is -0.127. The van der Waals surface area contributed by atoms with Crippen molar-refractivity contribution in [2.24, 2.45) is 0 Å². The Morgan fingerprint density at radius 2 is 1.88 bits per heavy atom. The summed E-state index contributed by atoms with van der Waals surface area (Å²) in [5.74, 6) is 1.47. The zero-order valence-electron chi connectivity index (χ0n) is 15.5. The van der Waals surface area contributed by atoms with Gasteiger partial charge in [-0.3, -0.25) is 4.79 Å². The molecular formula is C21H27NO3. The van der Waals surface area contributed by atoms with Crippen molar-refractivity contribution < 1.29 is 14.3 Å². The highest BCUT2D eigenvalue weighted by Gasteiger charge is 2.15. The van der Waals surface area contributed by atoms with E-state index in [0.717, 1.165) is 29.0 Å². The highest BCUT2D eigenvalue weighted by atomic mass is 16.5. The molecule has 2 rings (SSSR count). The molecule has 0 fully saturated rings. The van der Waals surface area contributed by atoms with Gasteiger partial charge in [0.15, 0.2) is 6.10 Å². The molecule has 2 aromatic carbocycles. The summed E-state index contributed by atoms with van der Waals surface area (Å²) in [7, 11) is 0. The Labute approximate surface area is 150 Å². The molecule has 1 N–H and O–H groups in total. The fourth-order valence-corrected chi connectivity index (χ4v) is 2.60. The smallest absolute Gasteiger partial charge is 0.260 e. The first-order chi connectivity index (χ1) is 12.0. The first-order valence-electron chi connectivity index (χ1n) is 8.73. The van der Waals surface area contributed by atoms with Gasteiger partial charge in [-0.05, 0) is 50.5 Å². The largest absolute Gasteiger partial charge is 0.491 e. The van der Waals surface area contributed by atoms with Crippen molar-refractivity contribution in [2.75, 3.05) is 13.2 Å². The summed E-state index contributed by atoms with van der Waals surface area (Å²) in [6, 6.07) is 13.8. The summed E-state index contributed by atoms with van der Waals surface area (Å²) in [4.78, 5) is 12.2. The number of rotatable bonds is 8. The van der Waals surface area contributed by atoms with Crippen LogP contribution in [0.15, 0.2) is 42.5 Å². The lowest BCUT2D eigenvalue weighted by Crippen LogP contribution is -2.38. The van der Waals surface area contributed by atoms with E-state index in [1.807, 2.05) is 43.3 Å². The molecule has 134 valence electrons. The Bertz CT molecular complexity index is 712. The van der Waals surface area contributed by atoms with Crippen LogP contribution in [-0.2, 0) is 11.2 Å². The molecule has 4 nitrogen and oxygen atoms in total. The Balaban J connectivity index is 1.77. The number of carbonyl (C=O) groups excluding carboxylic acids is 1. The van der Waals surface area contributed by atoms with Crippen LogP contribution in [0.25, 0.3) is 0 Å². The van der Waals surface area contributed by atoms with E-state index in [1.165, 1.54) is 5.56 Å². The lowest BCUT2D eigenvalue weighted by atomic mass is 10.1. The van der Waals surface area contributed by atoms with Crippen LogP contribution in [0.5, 0.6) is 11.5 Å². The van der Waals surface area contributed by atoms with Gasteiger partial charge in [0.05, 0.1) is 6.54 Å². The second-order valence-corrected chi connectivity index (χ2v) is 6.13. The van der Waals surface area contributed by atoms with Crippen molar-refractivity contribution >= 4 is 5.91 Å². The number of para-hydroxylation sites is 1. The monoisotopic (exact) mass is 341 g/mol. The zero-order chi connectivity index (χ0) is 18.2. The van der Waals surface area contributed by atoms with Gasteiger partial charge in [0.25, 0.3) is 5.91 Å². The Morgan fingerprint density at radius 1 is 1.12 bits per heavy atom. The van der Waals surface area contributed by atoms with E-state index >= 15 is 0 Å². The fourth-order valence-electron chi connectivity index (χ4n) is 2.60. The number of carbonyl (C=O) groups is 1. The average molecular weight is 341 g/mol. The molecule has 25 heavy (non-hydrogen) atoms. The second kappa shape index (κ2) is 9.11. The van der Waals surface area contributed by atoms with Crippen LogP contribution in [0.4, 0.5) is 0 Å². The fraction of sp³-hybridized carbons (Fsp3) is 0.381. The number of amides is 1. The minimum absolute atomic E-state index is 0.143. The molecule has 0 saturated heterocycles. The number of nitrogens with one attached hydrogen (secondary N) is 1. The molecule has 0 unspecified atom stereocenters. The molecule has 1 amide bonds. The maximum atomic E-state index is 12.2. The van der Waals surface area contributed by atoms with Crippen LogP contribution in [0.2, 0.25) is 0 Å². The Morgan fingerprint density at radius 3 is 2.60 bits per heavy atom. The maximum absolute atomic E-state index is 12.2. The Hall–Kier alpha value is -2.49. The van der Waals surface area contributed by atoms with Crippen LogP contribution >= 0.6 is 0 Å². The maximum Gasteiger partial charge on any atom is 0.260 e. The highest BCUT2D eigenvalue weighted by Crippen LogP contribution is 2.20. The number of ether oxygens (including phenoxy) is 2. The third-order valence-corrected chi connectivity index (χ3v) is 4.02. The summed E-state index contributed by atoms with van der Waals surface area (Å²) >= 11 is 0. The van der Waals surface area contributed by atoms with E-state index in [-0.39, 0.29) is 5.91 Å². The van der Waals surface area contributed by atoms with Gasteiger partial charge in [-0.1, -0.05) is 42.8 Å². The molecule has 0 aliphatic heterocycles. The van der Waals surface area contributed by atoms with E-state index in [4.69, 9.17) is 9.47 Å². The van der Waals surface area contributed by atoms with E-state index < -0.39 is 6.10 Å². The van der Waals surface area contributed by atoms with Crippen LogP contribution in [0, 0.1) is 13.8 Å². The molecule has 0 radical (unpaired) electrons. The predicted octanol–water partition coefficient (Wildman–Crippen LogP) is 3.83. The normalized spacial score (nSPS) is 11.7. The van der Waals surface area contributed by atoms with Crippen LogP contribution in [0.1, 0.15) is 30.5 Å². The summed E-state index contributed by atoms with van der Waals surface area (Å²) in [6.07, 6.45) is 0.322. The standard InChI is InChI=1S/C21H27NO3/c1-5-18-8-6-7-9-20(18)25-17(4)21(23)22-12-13-24-19-11-10-15(2)14-16(19)3/h6-11,14,17H,5,12-13H2,1-4H3,(H,22,23)/t17-/m0/s1. The zero-order valence-corrected chi connectivity index (χ0v) is 15.5. The van der Waals surface area contributed by atoms with Crippen molar-refractivity contribution in [3.8, 4) is 11.5 Å². The topological polar surface area (TPSA) is 47.6 Å². The van der Waals surface area contributed by atoms with Gasteiger partial charge in [-0.25, -0.2) is 0 Å². The van der Waals surface area contributed by atoms with Gasteiger partial charge in [-0.15, -0.1) is 0 Å². The van der Waals surface area contributed by atoms with E-state index in [0.29, 0.717) is 13.2 Å². The van der Waals surface area contributed by atoms with Gasteiger partial charge < -0.3 is 14.8 Å². The summed E-state index contributed by atoms with van der Waals surface area (Å²) < 4.78 is 11.5. The van der Waals surface area contributed by atoms with Gasteiger partial charge in [0.1, 0.15) is 18.1 Å². The minimum atomic E-state index is -0.547. The molecule has 4 heteroatoms. The first kappa shape index (κ1) is 18.8. The van der Waals surface area contributed by atoms with Crippen LogP contribution in [-0.4, -0.2) is 25.2 Å². The minimum Gasteiger partial charge on any atom is -0.491 e. The average Bonchev–Trinajstić information content (AvgIpc) is 2.60. The summed E-state index contributed by atoms with van der Waals surface area (Å²) in [6.45, 7) is 8.75. The summed E-state index contributed by atoms with van der Waals surface area (Å²) in [5, 5.41) is 2.85. The molecule has 0 bridgehead atoms. The number of hydrogen-bond donors (Lipinski definition) is 1. The molecule has 0 aromatic heterocycles. The first-order valence-corrected chi connectivity index (χ1v) is 8.73. The molecule has 0 spiro atoms. The molecular weight excluding hydrogens is 314 g/mol. The van der Waals surface area contributed by atoms with Gasteiger partial charge >= 0.3 is 0 Å². The van der Waals surface area contributed by atoms with Crippen molar-refractivity contribution in [1.82, 2.24) is 5.32 Å². The SMILES string of the molecule is CCc1ccccc1O[C@@H](C)C(=O)NCCOc1ccc(C)cc1C. The van der Waals surface area contributed by atoms with Crippen LogP contribution < -0.4 is 14.8 Å². The quantitative estimate of drug-likeness (QED) is 0.742. The highest BCUT2D eigenvalue weighted by molar-refractivity contribution is 5.80. The summed E-state index contributed by atoms with van der Waals surface area (Å²) in [5.41, 5.74) is 3.40. The predicted molar refractivity (Wildman–Crippen MR) is 100 cm³/mol. The van der Waals surface area contributed by atoms with Crippen LogP contribution in [0.3, 0.4) is 0 Å². The number of aryl methyl sites for hydroxylation is 3. The molecule has 2 aromatic rings. The van der Waals surface area contributed by atoms with E-state index in [9.17, 15) is 4.79 Å². The molecule has 0 aliphatic rings. The second-order valence-electron chi connectivity index (χ2n) is 6.13. The van der Waals surface area contributed by atoms with Gasteiger partial charge in [0, 0.05) is 0 Å². The van der Waals surface area contributed by atoms with Gasteiger partial charge in [0.2, 0.25) is 0 Å². The third kappa shape index (κ3) is 5.52. The lowest BCUT2D eigenvalue weighted by Gasteiger charge is -2.17. The van der Waals surface area contributed by atoms with Crippen molar-refractivity contribution in [3.05, 3.63) is 59.2 Å². The number of benzene rings is 2. The number of hydrogen-bond acceptors (Lipinski definition) is 3. The van der Waals surface area contributed by atoms with E-state index in [1.54, 1.807) is 6.92 Å². The van der Waals surface area contributed by atoms with Crippen molar-refractivity contribution in [3.63, 3.8) is 0 Å². The van der Waals surface area contributed by atoms with Gasteiger partial charge in [-0.2, -0.15) is 0 Å². The Kier molecular flexibility index (Phi) is 6.87. The van der Waals surface area contributed by atoms with Crippen molar-refractivity contribution in [1.29, 1.82) is 0 Å². The third-order valence-electron chi connectivity index (χ3n) is 4.02. The van der Waals surface area contributed by atoms with E-state index in [2.05, 4.69) is 25.2 Å². The molecule has 0 heterocycles. The molecule has 1 atom stereocenters.